The summed E-state index contributed by atoms with van der Waals surface area (Å²) < 4.78 is 0. The molecular weight excluding hydrogens is 649 g/mol. The minimum absolute atomic E-state index is 0.0769. The zero-order valence-electron chi connectivity index (χ0n) is 30.7. The van der Waals surface area contributed by atoms with Crippen LogP contribution in [0, 0.1) is 0 Å². The molecule has 4 heterocycles. The van der Waals surface area contributed by atoms with E-state index in [2.05, 4.69) is 39.6 Å². The zero-order chi connectivity index (χ0) is 36.2. The molecule has 0 aliphatic carbocycles. The number of amides is 1. The second-order valence-corrected chi connectivity index (χ2v) is 14.7. The molecule has 0 bridgehead atoms. The largest absolute Gasteiger partial charge is 0.344 e. The molecular formula is C42H50N8O2. The van der Waals surface area contributed by atoms with Gasteiger partial charge in [0.25, 0.3) is 0 Å². The highest BCUT2D eigenvalue weighted by molar-refractivity contribution is 5.94. The van der Waals surface area contributed by atoms with Gasteiger partial charge in [-0.3, -0.25) is 24.7 Å². The van der Waals surface area contributed by atoms with Gasteiger partial charge in [0.05, 0.1) is 24.0 Å². The van der Waals surface area contributed by atoms with Crippen molar-refractivity contribution in [1.82, 2.24) is 40.0 Å². The van der Waals surface area contributed by atoms with Crippen LogP contribution in [0.15, 0.2) is 97.3 Å². The predicted octanol–water partition coefficient (Wildman–Crippen LogP) is 6.00. The number of Topliss-reactive ketones (excluding diaryl/α,β-unsaturated/α-hetero) is 1. The van der Waals surface area contributed by atoms with E-state index in [0.717, 1.165) is 79.1 Å². The van der Waals surface area contributed by atoms with Gasteiger partial charge in [0.2, 0.25) is 5.91 Å². The number of aromatic amines is 2. The first-order valence-corrected chi connectivity index (χ1v) is 18.5. The van der Waals surface area contributed by atoms with E-state index in [4.69, 9.17) is 9.97 Å². The van der Waals surface area contributed by atoms with Crippen LogP contribution in [0.4, 0.5) is 0 Å². The fourth-order valence-electron chi connectivity index (χ4n) is 8.08. The molecule has 5 aromatic rings. The first kappa shape index (κ1) is 35.5. The van der Waals surface area contributed by atoms with Gasteiger partial charge >= 0.3 is 0 Å². The van der Waals surface area contributed by atoms with Crippen LogP contribution >= 0.6 is 0 Å². The second kappa shape index (κ2) is 15.4. The van der Waals surface area contributed by atoms with Crippen molar-refractivity contribution in [1.29, 1.82) is 0 Å². The van der Waals surface area contributed by atoms with E-state index in [1.165, 1.54) is 5.56 Å². The van der Waals surface area contributed by atoms with Gasteiger partial charge in [0.15, 0.2) is 5.78 Å². The molecule has 0 saturated carbocycles. The van der Waals surface area contributed by atoms with E-state index in [0.29, 0.717) is 12.2 Å². The maximum absolute atomic E-state index is 14.3. The standard InChI is InChI=1S/C42H50N8O2/c1-48(2)36(31-13-7-5-8-14-31)38(51)42(24-12-25-45-42)41-44-27-33(46-41)23-20-29-18-21-30(22-19-29)34-28-43-39(47-34)35-17-11-26-50(35)40(52)37(49(3)4)32-15-9-6-10-16-32/h5-10,13-16,18-19,21-22,27-28,35-37,45H,11-12,17,20,23-26H2,1-4H3,(H,43,47)(H,44,46)/t35-,36+,37+,42+/m0/s1. The number of benzene rings is 3. The minimum Gasteiger partial charge on any atom is -0.344 e. The molecule has 2 aliphatic rings. The summed E-state index contributed by atoms with van der Waals surface area (Å²) in [5.41, 5.74) is 5.36. The summed E-state index contributed by atoms with van der Waals surface area (Å²) in [7, 11) is 7.84. The van der Waals surface area contributed by atoms with Gasteiger partial charge in [-0.2, -0.15) is 0 Å². The van der Waals surface area contributed by atoms with E-state index in [1.807, 2.05) is 116 Å². The second-order valence-electron chi connectivity index (χ2n) is 14.7. The lowest BCUT2D eigenvalue weighted by molar-refractivity contribution is -0.137. The Labute approximate surface area is 306 Å². The third kappa shape index (κ3) is 7.11. The van der Waals surface area contributed by atoms with Gasteiger partial charge in [-0.15, -0.1) is 0 Å². The molecule has 0 radical (unpaired) electrons. The fraction of sp³-hybridized carbons (Fsp3) is 0.381. The molecule has 10 heteroatoms. The predicted molar refractivity (Wildman–Crippen MR) is 203 cm³/mol. The first-order valence-electron chi connectivity index (χ1n) is 18.5. The number of carbonyl (C=O) groups excluding carboxylic acids is 2. The number of likely N-dealkylation sites (N-methyl/N-ethyl adjacent to an activating group) is 2. The topological polar surface area (TPSA) is 113 Å². The number of aromatic nitrogens is 4. The molecule has 270 valence electrons. The van der Waals surface area contributed by atoms with Gasteiger partial charge < -0.3 is 14.9 Å². The Hall–Kier alpha value is -4.90. The van der Waals surface area contributed by atoms with Crippen molar-refractivity contribution in [3.8, 4) is 11.3 Å². The van der Waals surface area contributed by atoms with Crippen molar-refractivity contribution >= 4 is 11.7 Å². The summed E-state index contributed by atoms with van der Waals surface area (Å²) in [4.78, 5) is 50.8. The van der Waals surface area contributed by atoms with Crippen molar-refractivity contribution in [2.24, 2.45) is 0 Å². The lowest BCUT2D eigenvalue weighted by Crippen LogP contribution is -2.50. The monoisotopic (exact) mass is 698 g/mol. The van der Waals surface area contributed by atoms with Crippen molar-refractivity contribution in [2.75, 3.05) is 41.3 Å². The Morgan fingerprint density at radius 2 is 1.48 bits per heavy atom. The molecule has 3 aromatic carbocycles. The minimum atomic E-state index is -0.841. The molecule has 3 N–H and O–H groups in total. The molecule has 10 nitrogen and oxygen atoms in total. The molecule has 4 atom stereocenters. The molecule has 0 unspecified atom stereocenters. The average Bonchev–Trinajstić information content (AvgIpc) is 3.99. The molecule has 2 aromatic heterocycles. The van der Waals surface area contributed by atoms with Gasteiger partial charge in [-0.05, 0) is 95.5 Å². The zero-order valence-corrected chi connectivity index (χ0v) is 30.7. The highest BCUT2D eigenvalue weighted by Gasteiger charge is 2.48. The van der Waals surface area contributed by atoms with Crippen LogP contribution in [0.3, 0.4) is 0 Å². The highest BCUT2D eigenvalue weighted by atomic mass is 16.2. The molecule has 2 fully saturated rings. The van der Waals surface area contributed by atoms with Crippen molar-refractivity contribution in [3.05, 3.63) is 131 Å². The van der Waals surface area contributed by atoms with Crippen LogP contribution in [0.1, 0.15) is 77.8 Å². The number of imidazole rings is 2. The summed E-state index contributed by atoms with van der Waals surface area (Å²) in [6.07, 6.45) is 8.85. The third-order valence-electron chi connectivity index (χ3n) is 10.7. The average molecular weight is 699 g/mol. The lowest BCUT2D eigenvalue weighted by atomic mass is 9.84. The maximum atomic E-state index is 14.3. The number of carbonyl (C=O) groups is 2. The summed E-state index contributed by atoms with van der Waals surface area (Å²) >= 11 is 0. The third-order valence-corrected chi connectivity index (χ3v) is 10.7. The van der Waals surface area contributed by atoms with Gasteiger partial charge in [0.1, 0.15) is 23.2 Å². The van der Waals surface area contributed by atoms with Crippen LogP contribution in [-0.2, 0) is 28.0 Å². The number of rotatable bonds is 13. The molecule has 7 rings (SSSR count). The van der Waals surface area contributed by atoms with Crippen LogP contribution in [-0.4, -0.2) is 87.6 Å². The number of hydrogen-bond acceptors (Lipinski definition) is 7. The van der Waals surface area contributed by atoms with Crippen LogP contribution < -0.4 is 5.32 Å². The maximum Gasteiger partial charge on any atom is 0.245 e. The molecule has 0 spiro atoms. The van der Waals surface area contributed by atoms with Crippen molar-refractivity contribution < 1.29 is 9.59 Å². The summed E-state index contributed by atoms with van der Waals surface area (Å²) in [5.74, 6) is 1.77. The molecule has 2 aliphatic heterocycles. The van der Waals surface area contributed by atoms with E-state index in [1.54, 1.807) is 0 Å². The van der Waals surface area contributed by atoms with Gasteiger partial charge in [-0.1, -0.05) is 84.9 Å². The van der Waals surface area contributed by atoms with Gasteiger partial charge in [0, 0.05) is 18.4 Å². The number of likely N-dealkylation sites (tertiary alicyclic amines) is 1. The Morgan fingerprint density at radius 3 is 2.12 bits per heavy atom. The highest BCUT2D eigenvalue weighted by Crippen LogP contribution is 2.37. The SMILES string of the molecule is CN(C)[C@@H](C(=O)N1CCC[C@H]1c1ncc(-c2ccc(CCc3cnc([C@]4(C(=O)[C@@H](c5ccccc5)N(C)C)CCCN4)[nH]3)cc2)[nH]1)c1ccccc1. The van der Waals surface area contributed by atoms with Gasteiger partial charge in [-0.25, -0.2) is 9.97 Å². The Morgan fingerprint density at radius 1 is 0.808 bits per heavy atom. The first-order chi connectivity index (χ1) is 25.2. The summed E-state index contributed by atoms with van der Waals surface area (Å²) in [6, 6.07) is 27.8. The Bertz CT molecular complexity index is 1940. The van der Waals surface area contributed by atoms with Crippen molar-refractivity contribution in [2.45, 2.75) is 62.2 Å². The van der Waals surface area contributed by atoms with Crippen LogP contribution in [0.2, 0.25) is 0 Å². The summed E-state index contributed by atoms with van der Waals surface area (Å²) in [5, 5.41) is 3.54. The lowest BCUT2D eigenvalue weighted by Gasteiger charge is -2.33. The Kier molecular flexibility index (Phi) is 10.5. The van der Waals surface area contributed by atoms with Crippen LogP contribution in [0.25, 0.3) is 11.3 Å². The van der Waals surface area contributed by atoms with Crippen molar-refractivity contribution in [3.63, 3.8) is 0 Å². The fourth-order valence-corrected chi connectivity index (χ4v) is 8.08. The number of ketones is 1. The quantitative estimate of drug-likeness (QED) is 0.138. The number of aryl methyl sites for hydroxylation is 2. The normalized spacial score (nSPS) is 20.1. The summed E-state index contributed by atoms with van der Waals surface area (Å²) in [6.45, 7) is 1.50. The molecule has 1 amide bonds. The number of nitrogens with one attached hydrogen (secondary N) is 3. The molecule has 2 saturated heterocycles. The number of nitrogens with zero attached hydrogens (tertiary/aromatic N) is 5. The van der Waals surface area contributed by atoms with Crippen LogP contribution in [0.5, 0.6) is 0 Å². The Balaban J connectivity index is 1.01. The molecule has 52 heavy (non-hydrogen) atoms. The van der Waals surface area contributed by atoms with E-state index in [9.17, 15) is 9.59 Å². The van der Waals surface area contributed by atoms with E-state index < -0.39 is 5.54 Å². The smallest absolute Gasteiger partial charge is 0.245 e. The number of H-pyrrole nitrogens is 2. The number of hydrogen-bond donors (Lipinski definition) is 3. The van der Waals surface area contributed by atoms with E-state index in [-0.39, 0.29) is 29.8 Å². The van der Waals surface area contributed by atoms with E-state index >= 15 is 0 Å².